The van der Waals surface area contributed by atoms with Crippen LogP contribution in [0.3, 0.4) is 0 Å². The van der Waals surface area contributed by atoms with Crippen LogP contribution in [0.15, 0.2) is 36.5 Å². The molecular formula is C14H17N3O. The lowest BCUT2D eigenvalue weighted by Gasteiger charge is -2.13. The summed E-state index contributed by atoms with van der Waals surface area (Å²) in [5.74, 6) is -0.0862. The van der Waals surface area contributed by atoms with Crippen molar-refractivity contribution >= 4 is 5.91 Å². The fourth-order valence-electron chi connectivity index (χ4n) is 1.92. The largest absolute Gasteiger partial charge is 0.345 e. The summed E-state index contributed by atoms with van der Waals surface area (Å²) in [7, 11) is 1.81. The smallest absolute Gasteiger partial charge is 0.255 e. The molecule has 0 aliphatic heterocycles. The van der Waals surface area contributed by atoms with Gasteiger partial charge in [-0.15, -0.1) is 0 Å². The molecule has 4 heteroatoms. The summed E-state index contributed by atoms with van der Waals surface area (Å²) in [5.41, 5.74) is 2.46. The van der Waals surface area contributed by atoms with Crippen LogP contribution < -0.4 is 5.32 Å². The number of amides is 1. The van der Waals surface area contributed by atoms with E-state index in [1.165, 1.54) is 0 Å². The molecule has 1 N–H and O–H groups in total. The number of benzene rings is 1. The number of aromatic nitrogens is 2. The predicted molar refractivity (Wildman–Crippen MR) is 70.3 cm³/mol. The highest BCUT2D eigenvalue weighted by atomic mass is 16.1. The van der Waals surface area contributed by atoms with Gasteiger partial charge >= 0.3 is 0 Å². The van der Waals surface area contributed by atoms with Gasteiger partial charge in [0.05, 0.1) is 17.3 Å². The van der Waals surface area contributed by atoms with E-state index in [9.17, 15) is 4.79 Å². The van der Waals surface area contributed by atoms with Crippen molar-refractivity contribution in [2.45, 2.75) is 19.9 Å². The van der Waals surface area contributed by atoms with E-state index in [0.717, 1.165) is 11.3 Å². The molecule has 1 atom stereocenters. The number of carbonyl (C=O) groups excluding carboxylic acids is 1. The first-order valence-corrected chi connectivity index (χ1v) is 5.94. The fourth-order valence-corrected chi connectivity index (χ4v) is 1.92. The molecule has 0 saturated carbocycles. The van der Waals surface area contributed by atoms with Crippen LogP contribution in [-0.2, 0) is 7.05 Å². The van der Waals surface area contributed by atoms with Crippen LogP contribution in [0.5, 0.6) is 0 Å². The Morgan fingerprint density at radius 2 is 2.00 bits per heavy atom. The molecule has 0 aliphatic carbocycles. The molecule has 0 saturated heterocycles. The number of nitrogens with one attached hydrogen (secondary N) is 1. The summed E-state index contributed by atoms with van der Waals surface area (Å²) in [6.45, 7) is 3.81. The van der Waals surface area contributed by atoms with E-state index in [1.807, 2.05) is 51.2 Å². The van der Waals surface area contributed by atoms with Gasteiger partial charge in [-0.2, -0.15) is 5.10 Å². The molecule has 1 heterocycles. The summed E-state index contributed by atoms with van der Waals surface area (Å²) >= 11 is 0. The van der Waals surface area contributed by atoms with Gasteiger partial charge in [-0.1, -0.05) is 30.3 Å². The minimum atomic E-state index is -0.0862. The van der Waals surface area contributed by atoms with Crippen molar-refractivity contribution in [2.24, 2.45) is 7.05 Å². The molecule has 0 bridgehead atoms. The van der Waals surface area contributed by atoms with Gasteiger partial charge in [-0.3, -0.25) is 9.48 Å². The van der Waals surface area contributed by atoms with Crippen molar-refractivity contribution in [3.8, 4) is 0 Å². The Morgan fingerprint density at radius 1 is 1.33 bits per heavy atom. The second-order valence-corrected chi connectivity index (χ2v) is 4.41. The SMILES string of the molecule is Cc1nn(C)cc1C(=O)N[C@@H](C)c1ccccc1. The van der Waals surface area contributed by atoms with Crippen molar-refractivity contribution in [1.82, 2.24) is 15.1 Å². The van der Waals surface area contributed by atoms with Crippen molar-refractivity contribution in [2.75, 3.05) is 0 Å². The lowest BCUT2D eigenvalue weighted by molar-refractivity contribution is 0.0939. The molecule has 0 fully saturated rings. The highest BCUT2D eigenvalue weighted by Gasteiger charge is 2.15. The Hall–Kier alpha value is -2.10. The molecule has 0 aliphatic rings. The van der Waals surface area contributed by atoms with E-state index >= 15 is 0 Å². The van der Waals surface area contributed by atoms with Crippen molar-refractivity contribution in [1.29, 1.82) is 0 Å². The first-order valence-electron chi connectivity index (χ1n) is 5.94. The average molecular weight is 243 g/mol. The van der Waals surface area contributed by atoms with Gasteiger partial charge < -0.3 is 5.32 Å². The average Bonchev–Trinajstić information content (AvgIpc) is 2.69. The third-order valence-electron chi connectivity index (χ3n) is 2.91. The Labute approximate surface area is 107 Å². The summed E-state index contributed by atoms with van der Waals surface area (Å²) in [4.78, 5) is 12.1. The molecule has 2 aromatic rings. The molecule has 2 rings (SSSR count). The molecular weight excluding hydrogens is 226 g/mol. The van der Waals surface area contributed by atoms with Crippen molar-refractivity contribution in [3.05, 3.63) is 53.3 Å². The Bertz CT molecular complexity index is 545. The molecule has 1 aromatic carbocycles. The molecule has 1 amide bonds. The predicted octanol–water partition coefficient (Wildman–Crippen LogP) is 2.22. The minimum Gasteiger partial charge on any atom is -0.345 e. The second-order valence-electron chi connectivity index (χ2n) is 4.41. The molecule has 1 aromatic heterocycles. The lowest BCUT2D eigenvalue weighted by Crippen LogP contribution is -2.26. The van der Waals surface area contributed by atoms with Gasteiger partial charge in [0.25, 0.3) is 5.91 Å². The van der Waals surface area contributed by atoms with E-state index < -0.39 is 0 Å². The Kier molecular flexibility index (Phi) is 3.46. The lowest BCUT2D eigenvalue weighted by atomic mass is 10.1. The van der Waals surface area contributed by atoms with Crippen LogP contribution in [-0.4, -0.2) is 15.7 Å². The first-order chi connectivity index (χ1) is 8.58. The molecule has 4 nitrogen and oxygen atoms in total. The maximum atomic E-state index is 12.1. The quantitative estimate of drug-likeness (QED) is 0.898. The number of aryl methyl sites for hydroxylation is 2. The number of nitrogens with zero attached hydrogens (tertiary/aromatic N) is 2. The number of rotatable bonds is 3. The Morgan fingerprint density at radius 3 is 2.56 bits per heavy atom. The van der Waals surface area contributed by atoms with Crippen molar-refractivity contribution in [3.63, 3.8) is 0 Å². The molecule has 0 unspecified atom stereocenters. The minimum absolute atomic E-state index is 0.0155. The van der Waals surface area contributed by atoms with Crippen LogP contribution in [0.1, 0.15) is 34.6 Å². The second kappa shape index (κ2) is 5.04. The monoisotopic (exact) mass is 243 g/mol. The summed E-state index contributed by atoms with van der Waals surface area (Å²) in [6.07, 6.45) is 1.74. The standard InChI is InChI=1S/C14H17N3O/c1-10(12-7-5-4-6-8-12)15-14(18)13-9-17(3)16-11(13)2/h4-10H,1-3H3,(H,15,18)/t10-/m0/s1. The van der Waals surface area contributed by atoms with Crippen LogP contribution in [0.4, 0.5) is 0 Å². The number of carbonyl (C=O) groups is 1. The zero-order valence-corrected chi connectivity index (χ0v) is 10.8. The molecule has 18 heavy (non-hydrogen) atoms. The van der Waals surface area contributed by atoms with Crippen LogP contribution in [0.2, 0.25) is 0 Å². The highest BCUT2D eigenvalue weighted by Crippen LogP contribution is 2.13. The van der Waals surface area contributed by atoms with Crippen LogP contribution in [0, 0.1) is 6.92 Å². The first kappa shape index (κ1) is 12.4. The topological polar surface area (TPSA) is 46.9 Å². The van der Waals surface area contributed by atoms with Gasteiger partial charge in [-0.25, -0.2) is 0 Å². The van der Waals surface area contributed by atoms with E-state index in [0.29, 0.717) is 5.56 Å². The fraction of sp³-hybridized carbons (Fsp3) is 0.286. The zero-order valence-electron chi connectivity index (χ0n) is 10.8. The third-order valence-corrected chi connectivity index (χ3v) is 2.91. The molecule has 0 radical (unpaired) electrons. The summed E-state index contributed by atoms with van der Waals surface area (Å²) < 4.78 is 1.65. The Balaban J connectivity index is 2.10. The van der Waals surface area contributed by atoms with E-state index in [4.69, 9.17) is 0 Å². The van der Waals surface area contributed by atoms with Gasteiger partial charge in [0.2, 0.25) is 0 Å². The van der Waals surface area contributed by atoms with Gasteiger partial charge in [0.1, 0.15) is 0 Å². The van der Waals surface area contributed by atoms with Crippen LogP contribution >= 0.6 is 0 Å². The number of hydrogen-bond acceptors (Lipinski definition) is 2. The van der Waals surface area contributed by atoms with E-state index in [1.54, 1.807) is 10.9 Å². The van der Waals surface area contributed by atoms with Gasteiger partial charge in [-0.05, 0) is 19.4 Å². The van der Waals surface area contributed by atoms with Crippen molar-refractivity contribution < 1.29 is 4.79 Å². The van der Waals surface area contributed by atoms with Gasteiger partial charge in [0.15, 0.2) is 0 Å². The third kappa shape index (κ3) is 2.59. The van der Waals surface area contributed by atoms with Gasteiger partial charge in [0, 0.05) is 13.2 Å². The normalized spacial score (nSPS) is 12.2. The highest BCUT2D eigenvalue weighted by molar-refractivity contribution is 5.95. The summed E-state index contributed by atoms with van der Waals surface area (Å²) in [5, 5.41) is 7.14. The van der Waals surface area contributed by atoms with Crippen LogP contribution in [0.25, 0.3) is 0 Å². The molecule has 94 valence electrons. The number of hydrogen-bond donors (Lipinski definition) is 1. The maximum Gasteiger partial charge on any atom is 0.255 e. The summed E-state index contributed by atoms with van der Waals surface area (Å²) in [6, 6.07) is 9.88. The maximum absolute atomic E-state index is 12.1. The van der Waals surface area contributed by atoms with E-state index in [2.05, 4.69) is 10.4 Å². The van der Waals surface area contributed by atoms with E-state index in [-0.39, 0.29) is 11.9 Å². The zero-order chi connectivity index (χ0) is 13.1. The molecule has 0 spiro atoms.